The van der Waals surface area contributed by atoms with E-state index >= 15 is 0 Å². The van der Waals surface area contributed by atoms with E-state index in [1.807, 2.05) is 0 Å². The number of aliphatic hydroxyl groups excluding tert-OH is 1. The quantitative estimate of drug-likeness (QED) is 0.391. The number of aliphatic imine (C=N–C) groups is 1. The van der Waals surface area contributed by atoms with Gasteiger partial charge in [0.1, 0.15) is 12.5 Å². The number of benzene rings is 1. The molecule has 200 valence electrons. The van der Waals surface area contributed by atoms with Crippen molar-refractivity contribution in [3.8, 4) is 11.4 Å². The van der Waals surface area contributed by atoms with E-state index in [1.54, 1.807) is 6.07 Å². The van der Waals surface area contributed by atoms with Crippen LogP contribution < -0.4 is 21.4 Å². The van der Waals surface area contributed by atoms with E-state index in [-0.39, 0.29) is 24.3 Å². The minimum absolute atomic E-state index is 0.0694. The third-order valence-electron chi connectivity index (χ3n) is 5.97. The smallest absolute Gasteiger partial charge is 0.382 e. The first-order valence-corrected chi connectivity index (χ1v) is 12.0. The predicted octanol–water partition coefficient (Wildman–Crippen LogP) is 1.95. The molecule has 0 spiro atoms. The number of hydrogen-bond donors (Lipinski definition) is 3. The lowest BCUT2D eigenvalue weighted by molar-refractivity contribution is -0.207. The number of halogens is 4. The highest BCUT2D eigenvalue weighted by atomic mass is 35.5. The molecule has 5 rings (SSSR count). The van der Waals surface area contributed by atoms with Gasteiger partial charge < -0.3 is 10.4 Å². The maximum absolute atomic E-state index is 13.1. The summed E-state index contributed by atoms with van der Waals surface area (Å²) in [4.78, 5) is 34.1. The number of hydrazine groups is 1. The molecule has 2 aliphatic rings. The Hall–Kier alpha value is -3.75. The average Bonchev–Trinajstić information content (AvgIpc) is 3.49. The Morgan fingerprint density at radius 1 is 1.24 bits per heavy atom. The van der Waals surface area contributed by atoms with Gasteiger partial charge in [-0.1, -0.05) is 11.6 Å². The molecule has 3 aromatic rings. The molecule has 1 amide bonds. The highest BCUT2D eigenvalue weighted by molar-refractivity contribution is 6.30. The van der Waals surface area contributed by atoms with Gasteiger partial charge in [-0.2, -0.15) is 13.2 Å². The molecule has 15 heteroatoms. The van der Waals surface area contributed by atoms with Gasteiger partial charge in [-0.15, -0.1) is 5.10 Å². The van der Waals surface area contributed by atoms with E-state index in [1.165, 1.54) is 48.0 Å². The van der Waals surface area contributed by atoms with Gasteiger partial charge in [0.25, 0.3) is 5.91 Å². The summed E-state index contributed by atoms with van der Waals surface area (Å²) in [5.74, 6) is -0.325. The van der Waals surface area contributed by atoms with Crippen molar-refractivity contribution < 1.29 is 23.1 Å². The number of alkyl halides is 3. The Bertz CT molecular complexity index is 1420. The maximum Gasteiger partial charge on any atom is 0.416 e. The zero-order valence-electron chi connectivity index (χ0n) is 19.6. The monoisotopic (exact) mass is 550 g/mol. The van der Waals surface area contributed by atoms with Gasteiger partial charge in [0.05, 0.1) is 30.5 Å². The highest BCUT2D eigenvalue weighted by Gasteiger charge is 2.39. The zero-order valence-corrected chi connectivity index (χ0v) is 20.4. The molecule has 0 bridgehead atoms. The van der Waals surface area contributed by atoms with Gasteiger partial charge in [0.2, 0.25) is 0 Å². The van der Waals surface area contributed by atoms with Crippen LogP contribution in [-0.2, 0) is 13.1 Å². The molecule has 3 heterocycles. The van der Waals surface area contributed by atoms with Crippen molar-refractivity contribution in [1.82, 2.24) is 30.1 Å². The van der Waals surface area contributed by atoms with E-state index in [2.05, 4.69) is 25.8 Å². The molecular formula is C23H22ClF3N8O3. The topological polar surface area (TPSA) is 130 Å². The van der Waals surface area contributed by atoms with Crippen LogP contribution in [0.5, 0.6) is 0 Å². The number of carbonyl (C=O) groups excluding carboxylic acids is 1. The molecule has 2 aromatic heterocycles. The fraction of sp³-hybridized carbons (Fsp3) is 0.348. The summed E-state index contributed by atoms with van der Waals surface area (Å²) in [5, 5.41) is 18.7. The van der Waals surface area contributed by atoms with Crippen LogP contribution in [0.3, 0.4) is 0 Å². The van der Waals surface area contributed by atoms with Gasteiger partial charge in [0.15, 0.2) is 11.9 Å². The number of pyridine rings is 1. The summed E-state index contributed by atoms with van der Waals surface area (Å²) in [6.07, 6.45) is -2.17. The number of rotatable bonds is 8. The Kier molecular flexibility index (Phi) is 6.94. The molecule has 1 unspecified atom stereocenters. The molecule has 1 saturated carbocycles. The largest absolute Gasteiger partial charge is 0.416 e. The first-order valence-electron chi connectivity index (χ1n) is 11.6. The minimum Gasteiger partial charge on any atom is -0.382 e. The number of carbonyl (C=O) groups is 1. The summed E-state index contributed by atoms with van der Waals surface area (Å²) >= 11 is 5.91. The number of amides is 1. The first kappa shape index (κ1) is 25.9. The fourth-order valence-corrected chi connectivity index (χ4v) is 3.96. The third-order valence-corrected chi connectivity index (χ3v) is 6.22. The number of hydrogen-bond acceptors (Lipinski definition) is 8. The van der Waals surface area contributed by atoms with Crippen LogP contribution in [0.1, 0.15) is 23.2 Å². The summed E-state index contributed by atoms with van der Waals surface area (Å²) in [7, 11) is 0. The second kappa shape index (κ2) is 10.2. The number of aliphatic hydroxyl groups is 1. The van der Waals surface area contributed by atoms with Crippen LogP contribution in [0.15, 0.2) is 52.5 Å². The normalized spacial score (nSPS) is 18.1. The van der Waals surface area contributed by atoms with Crippen LogP contribution >= 0.6 is 11.6 Å². The van der Waals surface area contributed by atoms with Crippen LogP contribution in [0.4, 0.5) is 18.9 Å². The lowest BCUT2D eigenvalue weighted by Gasteiger charge is -2.20. The molecule has 1 aliphatic carbocycles. The van der Waals surface area contributed by atoms with Crippen molar-refractivity contribution in [2.24, 2.45) is 4.99 Å². The Labute approximate surface area is 218 Å². The molecule has 1 fully saturated rings. The molecule has 1 aromatic carbocycles. The van der Waals surface area contributed by atoms with Crippen LogP contribution in [0.2, 0.25) is 5.02 Å². The van der Waals surface area contributed by atoms with Crippen molar-refractivity contribution in [1.29, 1.82) is 0 Å². The summed E-state index contributed by atoms with van der Waals surface area (Å²) in [6, 6.07) is 7.77. The second-order valence-electron chi connectivity index (χ2n) is 8.88. The molecule has 3 N–H and O–H groups in total. The first-order chi connectivity index (χ1) is 18.1. The van der Waals surface area contributed by atoms with Crippen molar-refractivity contribution in [2.45, 2.75) is 50.4 Å². The minimum atomic E-state index is -4.93. The van der Waals surface area contributed by atoms with Crippen LogP contribution in [0, 0.1) is 0 Å². The average molecular weight is 551 g/mol. The van der Waals surface area contributed by atoms with Crippen LogP contribution in [0.25, 0.3) is 11.4 Å². The molecule has 11 nitrogen and oxygen atoms in total. The van der Waals surface area contributed by atoms with E-state index in [0.29, 0.717) is 21.8 Å². The zero-order chi connectivity index (χ0) is 27.0. The van der Waals surface area contributed by atoms with Crippen LogP contribution in [-0.4, -0.2) is 61.2 Å². The number of aromatic nitrogens is 4. The Morgan fingerprint density at radius 2 is 1.97 bits per heavy atom. The molecule has 38 heavy (non-hydrogen) atoms. The third kappa shape index (κ3) is 5.56. The van der Waals surface area contributed by atoms with Crippen molar-refractivity contribution in [3.63, 3.8) is 0 Å². The molecule has 2 atom stereocenters. The lowest BCUT2D eigenvalue weighted by atomic mass is 10.2. The van der Waals surface area contributed by atoms with Gasteiger partial charge in [-0.05, 0) is 43.2 Å². The second-order valence-corrected chi connectivity index (χ2v) is 9.32. The van der Waals surface area contributed by atoms with E-state index in [0.717, 1.165) is 22.1 Å². The van der Waals surface area contributed by atoms with Gasteiger partial charge in [-0.3, -0.25) is 24.3 Å². The highest BCUT2D eigenvalue weighted by Crippen LogP contribution is 2.25. The Balaban J connectivity index is 1.38. The SMILES string of the molecule is O=C(NC1CC1)c1ccncc1N1C=NC(Cn2nc(-c3ccc(Cl)cc3)n(C[C@H](O)C(F)(F)F)c2=O)N1. The van der Waals surface area contributed by atoms with Crippen molar-refractivity contribution in [2.75, 3.05) is 5.01 Å². The van der Waals surface area contributed by atoms with Crippen molar-refractivity contribution >= 4 is 29.5 Å². The molecule has 0 radical (unpaired) electrons. The van der Waals surface area contributed by atoms with E-state index < -0.39 is 30.7 Å². The van der Waals surface area contributed by atoms with E-state index in [4.69, 9.17) is 11.6 Å². The predicted molar refractivity (Wildman–Crippen MR) is 132 cm³/mol. The summed E-state index contributed by atoms with van der Waals surface area (Å²) < 4.78 is 41.0. The van der Waals surface area contributed by atoms with Crippen molar-refractivity contribution in [3.05, 3.63) is 63.8 Å². The molecule has 1 aliphatic heterocycles. The number of nitrogens with zero attached hydrogens (tertiary/aromatic N) is 6. The van der Waals surface area contributed by atoms with Gasteiger partial charge in [0, 0.05) is 22.8 Å². The molecular weight excluding hydrogens is 529 g/mol. The van der Waals surface area contributed by atoms with E-state index in [9.17, 15) is 27.9 Å². The molecule has 0 saturated heterocycles. The van der Waals surface area contributed by atoms with Gasteiger partial charge >= 0.3 is 11.9 Å². The summed E-state index contributed by atoms with van der Waals surface area (Å²) in [6.45, 7) is -1.19. The Morgan fingerprint density at radius 3 is 2.66 bits per heavy atom. The number of nitrogens with one attached hydrogen (secondary N) is 2. The fourth-order valence-electron chi connectivity index (χ4n) is 3.83. The number of anilines is 1. The standard InChI is InChI=1S/C23H22ClF3N8O3/c24-14-3-1-13(2-4-14)20-32-34(22(38)33(20)10-18(36)23(25,26)27)11-19-29-12-35(31-19)17-9-28-8-7-16(17)21(37)30-15-5-6-15/h1-4,7-9,12,15,18-19,31,36H,5-6,10-11H2,(H,30,37)/t18-,19?/m0/s1. The summed E-state index contributed by atoms with van der Waals surface area (Å²) in [5.41, 5.74) is 3.31. The lowest BCUT2D eigenvalue weighted by Crippen LogP contribution is -2.42. The van der Waals surface area contributed by atoms with Gasteiger partial charge in [-0.25, -0.2) is 14.9 Å². The maximum atomic E-state index is 13.1.